The Hall–Kier alpha value is -2.56. The second-order valence-corrected chi connectivity index (χ2v) is 5.47. The first-order chi connectivity index (χ1) is 11.7. The van der Waals surface area contributed by atoms with Crippen molar-refractivity contribution in [1.82, 2.24) is 4.98 Å². The van der Waals surface area contributed by atoms with Gasteiger partial charge >= 0.3 is 0 Å². The lowest BCUT2D eigenvalue weighted by atomic mass is 10.1. The smallest absolute Gasteiger partial charge is 0.224 e. The normalized spacial score (nSPS) is 10.3. The number of ether oxygens (including phenoxy) is 1. The predicted molar refractivity (Wildman–Crippen MR) is 97.7 cm³/mol. The maximum Gasteiger partial charge on any atom is 0.224 e. The number of hydrogen-bond donors (Lipinski definition) is 1. The van der Waals surface area contributed by atoms with Crippen LogP contribution in [0.1, 0.15) is 25.8 Å². The highest BCUT2D eigenvalue weighted by Crippen LogP contribution is 2.17. The van der Waals surface area contributed by atoms with Crippen LogP contribution in [0.25, 0.3) is 0 Å². The summed E-state index contributed by atoms with van der Waals surface area (Å²) in [5.74, 6) is 1.68. The molecule has 0 spiro atoms. The molecule has 5 heteroatoms. The molecule has 24 heavy (non-hydrogen) atoms. The second-order valence-electron chi connectivity index (χ2n) is 5.47. The van der Waals surface area contributed by atoms with Crippen LogP contribution in [0.4, 0.5) is 11.5 Å². The molecule has 0 saturated carbocycles. The van der Waals surface area contributed by atoms with E-state index in [1.165, 1.54) is 0 Å². The molecule has 0 radical (unpaired) electrons. The van der Waals surface area contributed by atoms with Gasteiger partial charge in [0.2, 0.25) is 5.91 Å². The van der Waals surface area contributed by atoms with Crippen molar-refractivity contribution in [3.63, 3.8) is 0 Å². The molecule has 0 aliphatic rings. The van der Waals surface area contributed by atoms with Gasteiger partial charge in [0.1, 0.15) is 11.6 Å². The van der Waals surface area contributed by atoms with Crippen molar-refractivity contribution < 1.29 is 9.53 Å². The standard InChI is InChI=1S/C19H25N3O2/c1-4-22(5-2)18-13-15(11-12-20-18)9-10-19(23)21-16-7-6-8-17(14-16)24-3/h6-8,11-14H,4-5,9-10H2,1-3H3,(H,21,23). The van der Waals surface area contributed by atoms with Gasteiger partial charge in [0, 0.05) is 37.5 Å². The van der Waals surface area contributed by atoms with E-state index in [2.05, 4.69) is 35.1 Å². The summed E-state index contributed by atoms with van der Waals surface area (Å²) in [5, 5.41) is 2.90. The highest BCUT2D eigenvalue weighted by Gasteiger charge is 2.07. The Morgan fingerprint density at radius 1 is 1.21 bits per heavy atom. The van der Waals surface area contributed by atoms with E-state index >= 15 is 0 Å². The number of benzene rings is 1. The molecule has 1 aromatic carbocycles. The third-order valence-electron chi connectivity index (χ3n) is 3.89. The highest BCUT2D eigenvalue weighted by molar-refractivity contribution is 5.91. The van der Waals surface area contributed by atoms with E-state index in [-0.39, 0.29) is 5.91 Å². The van der Waals surface area contributed by atoms with Crippen molar-refractivity contribution in [1.29, 1.82) is 0 Å². The van der Waals surface area contributed by atoms with Crippen molar-refractivity contribution in [3.8, 4) is 5.75 Å². The van der Waals surface area contributed by atoms with E-state index in [1.807, 2.05) is 36.5 Å². The summed E-state index contributed by atoms with van der Waals surface area (Å²) >= 11 is 0. The van der Waals surface area contributed by atoms with Gasteiger partial charge in [-0.1, -0.05) is 6.07 Å². The Labute approximate surface area is 143 Å². The number of nitrogens with zero attached hydrogens (tertiary/aromatic N) is 2. The molecule has 0 fully saturated rings. The van der Waals surface area contributed by atoms with Gasteiger partial charge in [-0.15, -0.1) is 0 Å². The van der Waals surface area contributed by atoms with E-state index < -0.39 is 0 Å². The minimum Gasteiger partial charge on any atom is -0.497 e. The number of aromatic nitrogens is 1. The Balaban J connectivity index is 1.92. The number of carbonyl (C=O) groups excluding carboxylic acids is 1. The zero-order valence-corrected chi connectivity index (χ0v) is 14.6. The lowest BCUT2D eigenvalue weighted by molar-refractivity contribution is -0.116. The largest absolute Gasteiger partial charge is 0.497 e. The number of aryl methyl sites for hydroxylation is 1. The molecule has 1 amide bonds. The molecule has 1 N–H and O–H groups in total. The van der Waals surface area contributed by atoms with Crippen LogP contribution in [0.2, 0.25) is 0 Å². The third-order valence-corrected chi connectivity index (χ3v) is 3.89. The molecular formula is C19H25N3O2. The molecule has 5 nitrogen and oxygen atoms in total. The first-order valence-electron chi connectivity index (χ1n) is 8.30. The number of pyridine rings is 1. The maximum atomic E-state index is 12.1. The van der Waals surface area contributed by atoms with E-state index in [1.54, 1.807) is 7.11 Å². The van der Waals surface area contributed by atoms with Crippen LogP contribution in [0.5, 0.6) is 5.75 Å². The summed E-state index contributed by atoms with van der Waals surface area (Å²) in [6.45, 7) is 6.06. The second kappa shape index (κ2) is 8.91. The highest BCUT2D eigenvalue weighted by atomic mass is 16.5. The van der Waals surface area contributed by atoms with Crippen molar-refractivity contribution in [2.45, 2.75) is 26.7 Å². The number of methoxy groups -OCH3 is 1. The molecule has 2 aromatic rings. The molecule has 0 saturated heterocycles. The summed E-state index contributed by atoms with van der Waals surface area (Å²) < 4.78 is 5.16. The number of hydrogen-bond acceptors (Lipinski definition) is 4. The lowest BCUT2D eigenvalue weighted by Crippen LogP contribution is -2.23. The third kappa shape index (κ3) is 4.98. The SMILES string of the molecule is CCN(CC)c1cc(CCC(=O)Nc2cccc(OC)c2)ccn1. The number of nitrogens with one attached hydrogen (secondary N) is 1. The van der Waals surface area contributed by atoms with Crippen LogP contribution in [0.15, 0.2) is 42.6 Å². The summed E-state index contributed by atoms with van der Waals surface area (Å²) in [6, 6.07) is 11.4. The van der Waals surface area contributed by atoms with E-state index in [0.29, 0.717) is 12.8 Å². The van der Waals surface area contributed by atoms with Gasteiger partial charge < -0.3 is 15.0 Å². The van der Waals surface area contributed by atoms with E-state index in [0.717, 1.165) is 35.9 Å². The first-order valence-corrected chi connectivity index (χ1v) is 8.30. The average molecular weight is 327 g/mol. The van der Waals surface area contributed by atoms with Gasteiger partial charge in [0.05, 0.1) is 7.11 Å². The minimum atomic E-state index is -0.00976. The van der Waals surface area contributed by atoms with Crippen molar-refractivity contribution in [2.24, 2.45) is 0 Å². The molecule has 1 aromatic heterocycles. The van der Waals surface area contributed by atoms with Gasteiger partial charge in [-0.25, -0.2) is 4.98 Å². The summed E-state index contributed by atoms with van der Waals surface area (Å²) in [5.41, 5.74) is 1.87. The van der Waals surface area contributed by atoms with Gasteiger partial charge in [-0.3, -0.25) is 4.79 Å². The van der Waals surface area contributed by atoms with Crippen LogP contribution in [0, 0.1) is 0 Å². The molecule has 2 rings (SSSR count). The Morgan fingerprint density at radius 2 is 2.00 bits per heavy atom. The molecule has 0 atom stereocenters. The van der Waals surface area contributed by atoms with Crippen molar-refractivity contribution in [3.05, 3.63) is 48.2 Å². The zero-order valence-electron chi connectivity index (χ0n) is 14.6. The number of rotatable bonds is 8. The summed E-state index contributed by atoms with van der Waals surface area (Å²) in [6.07, 6.45) is 2.93. The fourth-order valence-corrected chi connectivity index (χ4v) is 2.52. The van der Waals surface area contributed by atoms with Crippen molar-refractivity contribution in [2.75, 3.05) is 30.4 Å². The fraction of sp³-hybridized carbons (Fsp3) is 0.368. The first kappa shape index (κ1) is 17.8. The quantitative estimate of drug-likeness (QED) is 0.806. The van der Waals surface area contributed by atoms with Crippen LogP contribution >= 0.6 is 0 Å². The fourth-order valence-electron chi connectivity index (χ4n) is 2.52. The lowest BCUT2D eigenvalue weighted by Gasteiger charge is -2.20. The predicted octanol–water partition coefficient (Wildman–Crippen LogP) is 3.51. The average Bonchev–Trinajstić information content (AvgIpc) is 2.61. The van der Waals surface area contributed by atoms with Crippen LogP contribution in [0.3, 0.4) is 0 Å². The van der Waals surface area contributed by atoms with Crippen LogP contribution < -0.4 is 15.0 Å². The molecule has 0 aliphatic heterocycles. The topological polar surface area (TPSA) is 54.5 Å². The van der Waals surface area contributed by atoms with Gasteiger partial charge in [-0.05, 0) is 50.1 Å². The maximum absolute atomic E-state index is 12.1. The van der Waals surface area contributed by atoms with E-state index in [4.69, 9.17) is 4.74 Å². The molecule has 1 heterocycles. The van der Waals surface area contributed by atoms with Gasteiger partial charge in [-0.2, -0.15) is 0 Å². The number of carbonyl (C=O) groups is 1. The van der Waals surface area contributed by atoms with Crippen LogP contribution in [-0.4, -0.2) is 31.1 Å². The van der Waals surface area contributed by atoms with Crippen molar-refractivity contribution >= 4 is 17.4 Å². The minimum absolute atomic E-state index is 0.00976. The Kier molecular flexibility index (Phi) is 6.61. The monoisotopic (exact) mass is 327 g/mol. The zero-order chi connectivity index (χ0) is 17.4. The van der Waals surface area contributed by atoms with E-state index in [9.17, 15) is 4.79 Å². The van der Waals surface area contributed by atoms with Crippen LogP contribution in [-0.2, 0) is 11.2 Å². The number of anilines is 2. The molecule has 128 valence electrons. The summed E-state index contributed by atoms with van der Waals surface area (Å²) in [4.78, 5) is 18.7. The number of amides is 1. The molecule has 0 bridgehead atoms. The van der Waals surface area contributed by atoms with Gasteiger partial charge in [0.15, 0.2) is 0 Å². The molecule has 0 aliphatic carbocycles. The summed E-state index contributed by atoms with van der Waals surface area (Å²) in [7, 11) is 1.61. The molecule has 0 unspecified atom stereocenters. The molecular weight excluding hydrogens is 302 g/mol. The van der Waals surface area contributed by atoms with Gasteiger partial charge in [0.25, 0.3) is 0 Å². The Bertz CT molecular complexity index is 669. The Morgan fingerprint density at radius 3 is 2.71 bits per heavy atom.